The Bertz CT molecular complexity index is 1360. The first-order chi connectivity index (χ1) is 21.6. The minimum atomic E-state index is -3.00. The summed E-state index contributed by atoms with van der Waals surface area (Å²) in [6.07, 6.45) is 3.80. The molecule has 1 saturated carbocycles. The molecule has 13 heteroatoms. The zero-order valence-electron chi connectivity index (χ0n) is 25.6. The van der Waals surface area contributed by atoms with Crippen molar-refractivity contribution in [3.63, 3.8) is 0 Å². The number of carbonyl (C=O) groups excluding carboxylic acids is 2. The second kappa shape index (κ2) is 13.7. The molecule has 4 fully saturated rings. The summed E-state index contributed by atoms with van der Waals surface area (Å²) in [5, 5.41) is 3.03. The number of likely N-dealkylation sites (tertiary alicyclic amines) is 1. The molecule has 1 atom stereocenters. The van der Waals surface area contributed by atoms with Gasteiger partial charge in [-0.1, -0.05) is 11.6 Å². The molecule has 1 aliphatic carbocycles. The lowest BCUT2D eigenvalue weighted by molar-refractivity contribution is -0.124. The van der Waals surface area contributed by atoms with Crippen molar-refractivity contribution in [1.29, 1.82) is 0 Å². The number of hydrogen-bond donors (Lipinski definition) is 2. The largest absolute Gasteiger partial charge is 0.354 e. The Morgan fingerprint density at radius 3 is 2.38 bits per heavy atom. The average molecular weight is 662 g/mol. The molecule has 9 nitrogen and oxygen atoms in total. The van der Waals surface area contributed by atoms with E-state index in [-0.39, 0.29) is 34.6 Å². The lowest BCUT2D eigenvalue weighted by Gasteiger charge is -2.47. The molecule has 4 heterocycles. The van der Waals surface area contributed by atoms with E-state index in [1.807, 2.05) is 34.1 Å². The van der Waals surface area contributed by atoms with Crippen molar-refractivity contribution in [2.24, 2.45) is 11.7 Å². The molecule has 0 spiro atoms. The maximum Gasteiger partial charge on any atom is 0.276 e. The molecule has 2 aromatic rings. The van der Waals surface area contributed by atoms with Crippen LogP contribution < -0.4 is 20.9 Å². The predicted molar refractivity (Wildman–Crippen MR) is 174 cm³/mol. The summed E-state index contributed by atoms with van der Waals surface area (Å²) < 4.78 is 34.1. The van der Waals surface area contributed by atoms with Gasteiger partial charge in [-0.05, 0) is 87.4 Å². The average Bonchev–Trinajstić information content (AvgIpc) is 3.44. The lowest BCUT2D eigenvalue weighted by atomic mass is 9.79. The molecule has 4 aliphatic rings. The molecular weight excluding hydrogens is 620 g/mol. The number of anilines is 2. The smallest absolute Gasteiger partial charge is 0.276 e. The van der Waals surface area contributed by atoms with Crippen molar-refractivity contribution in [3.05, 3.63) is 47.1 Å². The van der Waals surface area contributed by atoms with Crippen LogP contribution in [-0.2, 0) is 15.5 Å². The second-order valence-electron chi connectivity index (χ2n) is 12.8. The molecule has 1 unspecified atom stereocenters. The van der Waals surface area contributed by atoms with E-state index in [1.54, 1.807) is 18.9 Å². The van der Waals surface area contributed by atoms with E-state index >= 15 is 8.78 Å². The molecule has 0 radical (unpaired) electrons. The number of nitrogens with zero attached hydrogens (tertiary/aromatic N) is 5. The van der Waals surface area contributed by atoms with Crippen molar-refractivity contribution in [2.45, 2.75) is 74.4 Å². The van der Waals surface area contributed by atoms with E-state index in [4.69, 9.17) is 17.3 Å². The number of nitrogens with one attached hydrogen (secondary N) is 1. The fourth-order valence-corrected chi connectivity index (χ4v) is 7.98. The highest BCUT2D eigenvalue weighted by Gasteiger charge is 2.45. The second-order valence-corrected chi connectivity index (χ2v) is 14.3. The quantitative estimate of drug-likeness (QED) is 0.300. The van der Waals surface area contributed by atoms with Gasteiger partial charge >= 0.3 is 0 Å². The number of hydrogen-bond acceptors (Lipinski definition) is 8. The van der Waals surface area contributed by atoms with Crippen LogP contribution in [0.4, 0.5) is 20.3 Å². The summed E-state index contributed by atoms with van der Waals surface area (Å²) in [6.45, 7) is 6.71. The third-order valence-electron chi connectivity index (χ3n) is 9.58. The highest BCUT2D eigenvalue weighted by Crippen LogP contribution is 2.46. The van der Waals surface area contributed by atoms with Gasteiger partial charge in [0.1, 0.15) is 11.0 Å². The zero-order valence-corrected chi connectivity index (χ0v) is 27.2. The highest BCUT2D eigenvalue weighted by molar-refractivity contribution is 7.97. The Morgan fingerprint density at radius 2 is 1.76 bits per heavy atom. The van der Waals surface area contributed by atoms with Crippen molar-refractivity contribution < 1.29 is 18.4 Å². The molecule has 0 bridgehead atoms. The highest BCUT2D eigenvalue weighted by atomic mass is 35.5. The SMILES string of the molecule is CC(N)C(=O)NC1CN(C2CCC(C(F)(F)c3cc(Cl)nc(N4CCN(Sc5ccc(N6CCCC6=O)cc5)CC4)c3)CC2)C1. The fraction of sp³-hybridized carbons (Fsp3) is 0.594. The van der Waals surface area contributed by atoms with Gasteiger partial charge in [-0.25, -0.2) is 18.1 Å². The van der Waals surface area contributed by atoms with Gasteiger partial charge in [0.2, 0.25) is 11.8 Å². The molecule has 6 rings (SSSR count). The number of benzene rings is 1. The number of pyridine rings is 1. The van der Waals surface area contributed by atoms with Crippen molar-refractivity contribution in [2.75, 3.05) is 55.6 Å². The van der Waals surface area contributed by atoms with Crippen LogP contribution in [0, 0.1) is 5.92 Å². The number of alkyl halides is 2. The number of halogens is 3. The van der Waals surface area contributed by atoms with Crippen LogP contribution in [0.25, 0.3) is 0 Å². The summed E-state index contributed by atoms with van der Waals surface area (Å²) in [4.78, 5) is 35.5. The summed E-state index contributed by atoms with van der Waals surface area (Å²) in [5.41, 5.74) is 6.52. The van der Waals surface area contributed by atoms with Gasteiger partial charge < -0.3 is 20.9 Å². The first-order valence-electron chi connectivity index (χ1n) is 16.0. The standard InChI is InChI=1S/C32H42ClF2N7O2S/c1-21(36)31(44)37-24-19-40(20-24)25-6-4-22(5-7-25)32(34,35)23-17-28(33)38-29(18-23)39-13-15-41(16-14-39)45-27-10-8-26(9-11-27)42-12-2-3-30(42)43/h8-11,17-18,21-22,24-25H,2-7,12-16,19-20,36H2,1H3,(H,37,44). The number of nitrogens with two attached hydrogens (primary N) is 1. The zero-order chi connectivity index (χ0) is 31.7. The van der Waals surface area contributed by atoms with Crippen LogP contribution in [0.5, 0.6) is 0 Å². The number of rotatable bonds is 9. The topological polar surface area (TPSA) is 98.0 Å². The van der Waals surface area contributed by atoms with Gasteiger partial charge in [-0.15, -0.1) is 0 Å². The minimum Gasteiger partial charge on any atom is -0.354 e. The summed E-state index contributed by atoms with van der Waals surface area (Å²) in [7, 11) is 0. The van der Waals surface area contributed by atoms with E-state index < -0.39 is 17.9 Å². The minimum absolute atomic E-state index is 0.0584. The molecule has 3 saturated heterocycles. The predicted octanol–water partition coefficient (Wildman–Crippen LogP) is 4.49. The fourth-order valence-electron chi connectivity index (χ4n) is 6.88. The molecule has 45 heavy (non-hydrogen) atoms. The van der Waals surface area contributed by atoms with E-state index in [2.05, 4.69) is 19.5 Å². The van der Waals surface area contributed by atoms with Crippen molar-refractivity contribution >= 4 is 46.9 Å². The Balaban J connectivity index is 0.998. The van der Waals surface area contributed by atoms with Gasteiger partial charge in [0.15, 0.2) is 0 Å². The molecule has 3 N–H and O–H groups in total. The van der Waals surface area contributed by atoms with Gasteiger partial charge in [0, 0.05) is 80.3 Å². The Kier molecular flexibility index (Phi) is 9.87. The summed E-state index contributed by atoms with van der Waals surface area (Å²) in [6, 6.07) is 10.7. The van der Waals surface area contributed by atoms with E-state index in [0.29, 0.717) is 51.0 Å². The van der Waals surface area contributed by atoms with Crippen molar-refractivity contribution in [1.82, 2.24) is 19.5 Å². The van der Waals surface area contributed by atoms with Gasteiger partial charge in [0.05, 0.1) is 12.1 Å². The third-order valence-corrected chi connectivity index (χ3v) is 10.9. The number of aromatic nitrogens is 1. The first kappa shape index (κ1) is 32.4. The molecule has 244 valence electrons. The monoisotopic (exact) mass is 661 g/mol. The Morgan fingerprint density at radius 1 is 1.07 bits per heavy atom. The molecule has 1 aromatic heterocycles. The lowest BCUT2D eigenvalue weighted by Crippen LogP contribution is -2.63. The van der Waals surface area contributed by atoms with Crippen LogP contribution in [0.1, 0.15) is 51.0 Å². The maximum atomic E-state index is 15.9. The molecule has 2 amide bonds. The van der Waals surface area contributed by atoms with E-state index in [0.717, 1.165) is 49.7 Å². The van der Waals surface area contributed by atoms with E-state index in [9.17, 15) is 9.59 Å². The van der Waals surface area contributed by atoms with Gasteiger partial charge in [-0.2, -0.15) is 0 Å². The maximum absolute atomic E-state index is 15.9. The summed E-state index contributed by atoms with van der Waals surface area (Å²) >= 11 is 7.99. The van der Waals surface area contributed by atoms with Crippen LogP contribution in [0.2, 0.25) is 5.15 Å². The van der Waals surface area contributed by atoms with Crippen LogP contribution in [-0.4, -0.2) is 89.9 Å². The number of amides is 2. The third kappa shape index (κ3) is 7.40. The summed E-state index contributed by atoms with van der Waals surface area (Å²) in [5.74, 6) is -3.23. The Labute approximate surface area is 272 Å². The van der Waals surface area contributed by atoms with Gasteiger partial charge in [0.25, 0.3) is 5.92 Å². The molecule has 3 aliphatic heterocycles. The Hall–Kier alpha value is -2.51. The van der Waals surface area contributed by atoms with Crippen molar-refractivity contribution in [3.8, 4) is 0 Å². The van der Waals surface area contributed by atoms with Gasteiger partial charge in [-0.3, -0.25) is 14.5 Å². The number of piperazine rings is 1. The van der Waals surface area contributed by atoms with Crippen LogP contribution in [0.3, 0.4) is 0 Å². The van der Waals surface area contributed by atoms with Crippen LogP contribution >= 0.6 is 23.5 Å². The molecule has 1 aromatic carbocycles. The van der Waals surface area contributed by atoms with E-state index in [1.165, 1.54) is 12.1 Å². The number of carbonyl (C=O) groups is 2. The normalized spacial score (nSPS) is 24.5. The van der Waals surface area contributed by atoms with Crippen LogP contribution in [0.15, 0.2) is 41.3 Å². The molecular formula is C32H42ClF2N7O2S. The first-order valence-corrected chi connectivity index (χ1v) is 17.2.